The summed E-state index contributed by atoms with van der Waals surface area (Å²) in [5.74, 6) is 0. The minimum Gasteiger partial charge on any atom is -0.393 e. The summed E-state index contributed by atoms with van der Waals surface area (Å²) in [4.78, 5) is 0. The van der Waals surface area contributed by atoms with E-state index in [1.165, 1.54) is 0 Å². The first-order valence-electron chi connectivity index (χ1n) is 2.13. The quantitative estimate of drug-likeness (QED) is 0.516. The Morgan fingerprint density at radius 3 is 2.29 bits per heavy atom. The van der Waals surface area contributed by atoms with Crippen LogP contribution in [0.5, 0.6) is 0 Å². The molecule has 1 rings (SSSR count). The molecule has 1 nitrogen and oxygen atoms in total. The van der Waals surface area contributed by atoms with E-state index in [1.807, 2.05) is 0 Å². The zero-order chi connectivity index (χ0) is 5.49. The summed E-state index contributed by atoms with van der Waals surface area (Å²) < 4.78 is 23.6. The molecule has 0 heterocycles. The predicted molar refractivity (Wildman–Crippen MR) is 20.4 cm³/mol. The van der Waals surface area contributed by atoms with Crippen LogP contribution in [0.3, 0.4) is 0 Å². The molecule has 2 atom stereocenters. The van der Waals surface area contributed by atoms with Gasteiger partial charge in [0.25, 0.3) is 0 Å². The number of halogens is 2. The van der Waals surface area contributed by atoms with Crippen LogP contribution in [0, 0.1) is 0 Å². The molecule has 1 fully saturated rings. The van der Waals surface area contributed by atoms with E-state index in [4.69, 9.17) is 5.11 Å². The largest absolute Gasteiger partial charge is 0.393 e. The maximum absolute atomic E-state index is 12.0. The predicted octanol–water partition coefficient (Wildman–Crippen LogP) is 0.429. The highest BCUT2D eigenvalue weighted by molar-refractivity contribution is 5.04. The summed E-state index contributed by atoms with van der Waals surface area (Å²) in [6.45, 7) is -0.672. The van der Waals surface area contributed by atoms with Gasteiger partial charge in [0.15, 0.2) is 5.67 Å². The summed E-state index contributed by atoms with van der Waals surface area (Å²) in [5.41, 5.74) is -1.86. The zero-order valence-electron chi connectivity index (χ0n) is 3.69. The standard InChI is InChI=1S/C4H6F2O/c5-3-1-4(3,6)2-7/h3,7H,1-2H2/t3?,4-/m0/s1. The molecule has 1 unspecified atom stereocenters. The van der Waals surface area contributed by atoms with Gasteiger partial charge in [-0.1, -0.05) is 0 Å². The Balaban J connectivity index is 2.36. The third-order valence-corrected chi connectivity index (χ3v) is 1.18. The Morgan fingerprint density at radius 2 is 2.29 bits per heavy atom. The zero-order valence-corrected chi connectivity index (χ0v) is 3.69. The molecule has 0 saturated heterocycles. The smallest absolute Gasteiger partial charge is 0.167 e. The maximum Gasteiger partial charge on any atom is 0.167 e. The Bertz CT molecular complexity index is 81.8. The molecule has 42 valence electrons. The second kappa shape index (κ2) is 1.15. The van der Waals surface area contributed by atoms with Gasteiger partial charge < -0.3 is 5.11 Å². The summed E-state index contributed by atoms with van der Waals surface area (Å²) in [6, 6.07) is 0. The molecule has 1 N–H and O–H groups in total. The minimum atomic E-state index is -1.86. The van der Waals surface area contributed by atoms with Crippen LogP contribution in [0.4, 0.5) is 8.78 Å². The van der Waals surface area contributed by atoms with Crippen LogP contribution in [-0.4, -0.2) is 23.6 Å². The van der Waals surface area contributed by atoms with Gasteiger partial charge in [0.05, 0.1) is 6.61 Å². The molecule has 7 heavy (non-hydrogen) atoms. The Kier molecular flexibility index (Phi) is 0.819. The lowest BCUT2D eigenvalue weighted by atomic mass is 10.4. The Morgan fingerprint density at radius 1 is 1.86 bits per heavy atom. The summed E-state index contributed by atoms with van der Waals surface area (Å²) in [7, 11) is 0. The fourth-order valence-electron chi connectivity index (χ4n) is 0.403. The second-order valence-electron chi connectivity index (χ2n) is 1.86. The number of aliphatic hydroxyl groups is 1. The van der Waals surface area contributed by atoms with E-state index in [-0.39, 0.29) is 6.42 Å². The van der Waals surface area contributed by atoms with E-state index in [0.29, 0.717) is 0 Å². The van der Waals surface area contributed by atoms with Gasteiger partial charge in [-0.2, -0.15) is 0 Å². The van der Waals surface area contributed by atoms with Crippen molar-refractivity contribution in [2.75, 3.05) is 6.61 Å². The van der Waals surface area contributed by atoms with Gasteiger partial charge in [-0.3, -0.25) is 0 Å². The normalized spacial score (nSPS) is 49.3. The fourth-order valence-corrected chi connectivity index (χ4v) is 0.403. The first kappa shape index (κ1) is 4.97. The Labute approximate surface area is 40.0 Å². The molecule has 1 saturated carbocycles. The average molecular weight is 108 g/mol. The van der Waals surface area contributed by atoms with Crippen LogP contribution in [-0.2, 0) is 0 Å². The van der Waals surface area contributed by atoms with Gasteiger partial charge in [-0.05, 0) is 0 Å². The average Bonchev–Trinajstić information content (AvgIpc) is 2.18. The van der Waals surface area contributed by atoms with Gasteiger partial charge in [0, 0.05) is 6.42 Å². The molecule has 0 aromatic carbocycles. The third kappa shape index (κ3) is 0.608. The number of aliphatic hydroxyl groups excluding tert-OH is 1. The monoisotopic (exact) mass is 108 g/mol. The van der Waals surface area contributed by atoms with Crippen molar-refractivity contribution < 1.29 is 13.9 Å². The van der Waals surface area contributed by atoms with E-state index in [0.717, 1.165) is 0 Å². The summed E-state index contributed by atoms with van der Waals surface area (Å²) in [6.07, 6.45) is -1.53. The summed E-state index contributed by atoms with van der Waals surface area (Å²) in [5, 5.41) is 8.02. The van der Waals surface area contributed by atoms with Gasteiger partial charge in [-0.25, -0.2) is 8.78 Å². The third-order valence-electron chi connectivity index (χ3n) is 1.18. The molecule has 1 aliphatic carbocycles. The highest BCUT2D eigenvalue weighted by Crippen LogP contribution is 2.42. The van der Waals surface area contributed by atoms with Gasteiger partial charge in [-0.15, -0.1) is 0 Å². The van der Waals surface area contributed by atoms with Crippen LogP contribution in [0.25, 0.3) is 0 Å². The van der Waals surface area contributed by atoms with Crippen molar-refractivity contribution in [3.05, 3.63) is 0 Å². The van der Waals surface area contributed by atoms with Crippen molar-refractivity contribution >= 4 is 0 Å². The Hall–Kier alpha value is -0.180. The number of alkyl halides is 2. The van der Waals surface area contributed by atoms with Gasteiger partial charge in [0.1, 0.15) is 6.17 Å². The van der Waals surface area contributed by atoms with Crippen LogP contribution in [0.15, 0.2) is 0 Å². The summed E-state index contributed by atoms with van der Waals surface area (Å²) >= 11 is 0. The molecular formula is C4H6F2O. The van der Waals surface area contributed by atoms with Crippen molar-refractivity contribution in [1.82, 2.24) is 0 Å². The highest BCUT2D eigenvalue weighted by atomic mass is 19.2. The van der Waals surface area contributed by atoms with Crippen molar-refractivity contribution in [1.29, 1.82) is 0 Å². The minimum absolute atomic E-state index is 0.122. The molecule has 0 amide bonds. The highest BCUT2D eigenvalue weighted by Gasteiger charge is 2.56. The molecule has 0 aliphatic heterocycles. The topological polar surface area (TPSA) is 20.2 Å². The lowest BCUT2D eigenvalue weighted by molar-refractivity contribution is 0.135. The SMILES string of the molecule is OC[C@@]1(F)CC1F. The van der Waals surface area contributed by atoms with E-state index in [2.05, 4.69) is 0 Å². The van der Waals surface area contributed by atoms with E-state index >= 15 is 0 Å². The lowest BCUT2D eigenvalue weighted by Gasteiger charge is -1.92. The second-order valence-corrected chi connectivity index (χ2v) is 1.86. The number of hydrogen-bond acceptors (Lipinski definition) is 1. The van der Waals surface area contributed by atoms with Crippen LogP contribution in [0.1, 0.15) is 6.42 Å². The molecule has 1 aliphatic rings. The van der Waals surface area contributed by atoms with Crippen molar-refractivity contribution in [3.63, 3.8) is 0 Å². The molecule has 0 radical (unpaired) electrons. The van der Waals surface area contributed by atoms with E-state index < -0.39 is 18.4 Å². The van der Waals surface area contributed by atoms with Crippen LogP contribution >= 0.6 is 0 Å². The van der Waals surface area contributed by atoms with E-state index in [1.54, 1.807) is 0 Å². The fraction of sp³-hybridized carbons (Fsp3) is 1.00. The molecule has 0 aromatic heterocycles. The van der Waals surface area contributed by atoms with Crippen LogP contribution in [0.2, 0.25) is 0 Å². The first-order chi connectivity index (χ1) is 3.19. The maximum atomic E-state index is 12.0. The number of rotatable bonds is 1. The van der Waals surface area contributed by atoms with Crippen LogP contribution < -0.4 is 0 Å². The van der Waals surface area contributed by atoms with Gasteiger partial charge in [0.2, 0.25) is 0 Å². The molecule has 0 aromatic rings. The van der Waals surface area contributed by atoms with Crippen molar-refractivity contribution in [2.24, 2.45) is 0 Å². The van der Waals surface area contributed by atoms with Gasteiger partial charge >= 0.3 is 0 Å². The molecule has 0 spiro atoms. The molecular weight excluding hydrogens is 102 g/mol. The molecule has 3 heteroatoms. The van der Waals surface area contributed by atoms with Crippen molar-refractivity contribution in [3.8, 4) is 0 Å². The first-order valence-corrected chi connectivity index (χ1v) is 2.13. The van der Waals surface area contributed by atoms with Crippen molar-refractivity contribution in [2.45, 2.75) is 18.3 Å². The van der Waals surface area contributed by atoms with E-state index in [9.17, 15) is 8.78 Å². The lowest BCUT2D eigenvalue weighted by Crippen LogP contribution is -2.09. The molecule has 0 bridgehead atoms. The number of hydrogen-bond donors (Lipinski definition) is 1.